The molecule has 4 rings (SSSR count). The summed E-state index contributed by atoms with van der Waals surface area (Å²) in [5.74, 6) is 0.539. The predicted octanol–water partition coefficient (Wildman–Crippen LogP) is 4.57. The van der Waals surface area contributed by atoms with Gasteiger partial charge in [0.2, 0.25) is 0 Å². The number of rotatable bonds is 8. The molecule has 7 heteroatoms. The minimum Gasteiger partial charge on any atom is -0.487 e. The molecular weight excluding hydrogens is 434 g/mol. The van der Waals surface area contributed by atoms with Crippen molar-refractivity contribution < 1.29 is 14.3 Å². The molecule has 2 atom stereocenters. The van der Waals surface area contributed by atoms with Crippen LogP contribution in [0.4, 0.5) is 0 Å². The quantitative estimate of drug-likeness (QED) is 0.528. The van der Waals surface area contributed by atoms with E-state index in [1.165, 1.54) is 5.56 Å². The minimum atomic E-state index is -0.117. The van der Waals surface area contributed by atoms with Crippen LogP contribution in [-0.2, 0) is 24.4 Å². The summed E-state index contributed by atoms with van der Waals surface area (Å²) in [6.07, 6.45) is 0.462. The number of nitrogens with zero attached hydrogens (tertiary/aromatic N) is 2. The van der Waals surface area contributed by atoms with E-state index in [4.69, 9.17) is 9.47 Å². The fourth-order valence-electron chi connectivity index (χ4n) is 4.18. The summed E-state index contributed by atoms with van der Waals surface area (Å²) in [4.78, 5) is 19.7. The summed E-state index contributed by atoms with van der Waals surface area (Å²) < 4.78 is 11.7. The van der Waals surface area contributed by atoms with Gasteiger partial charge in [0, 0.05) is 37.1 Å². The number of nitrogens with one attached hydrogen (secondary N) is 1. The lowest BCUT2D eigenvalue weighted by atomic mass is 10.1. The van der Waals surface area contributed by atoms with Gasteiger partial charge in [-0.1, -0.05) is 30.3 Å². The Hall–Kier alpha value is -2.74. The summed E-state index contributed by atoms with van der Waals surface area (Å²) >= 11 is 1.60. The van der Waals surface area contributed by atoms with Gasteiger partial charge in [0.15, 0.2) is 0 Å². The van der Waals surface area contributed by atoms with Crippen molar-refractivity contribution in [1.29, 1.82) is 0 Å². The van der Waals surface area contributed by atoms with Crippen molar-refractivity contribution in [3.8, 4) is 5.75 Å². The molecule has 33 heavy (non-hydrogen) atoms. The van der Waals surface area contributed by atoms with Crippen LogP contribution in [0.15, 0.2) is 53.9 Å². The molecule has 0 saturated carbocycles. The molecule has 3 aromatic rings. The largest absolute Gasteiger partial charge is 0.487 e. The van der Waals surface area contributed by atoms with Gasteiger partial charge in [0.25, 0.3) is 5.91 Å². The molecule has 1 N–H and O–H groups in total. The van der Waals surface area contributed by atoms with Gasteiger partial charge in [-0.15, -0.1) is 11.3 Å². The maximum absolute atomic E-state index is 12.8. The van der Waals surface area contributed by atoms with Gasteiger partial charge in [-0.05, 0) is 50.1 Å². The second-order valence-electron chi connectivity index (χ2n) is 8.58. The van der Waals surface area contributed by atoms with Crippen LogP contribution in [-0.4, -0.2) is 41.1 Å². The number of amides is 1. The minimum absolute atomic E-state index is 0.117. The van der Waals surface area contributed by atoms with E-state index in [0.717, 1.165) is 35.9 Å². The molecule has 0 bridgehead atoms. The predicted molar refractivity (Wildman–Crippen MR) is 131 cm³/mol. The van der Waals surface area contributed by atoms with Crippen molar-refractivity contribution in [2.24, 2.45) is 0 Å². The number of carbonyl (C=O) groups excluding carboxylic acids is 1. The second kappa shape index (κ2) is 10.9. The van der Waals surface area contributed by atoms with Crippen LogP contribution in [0.2, 0.25) is 0 Å². The fraction of sp³-hybridized carbons (Fsp3) is 0.385. The molecule has 1 amide bonds. The average molecular weight is 466 g/mol. The molecule has 0 radical (unpaired) electrons. The van der Waals surface area contributed by atoms with Crippen LogP contribution in [0.1, 0.15) is 46.0 Å². The van der Waals surface area contributed by atoms with Gasteiger partial charge >= 0.3 is 0 Å². The van der Waals surface area contributed by atoms with Crippen LogP contribution in [0.5, 0.6) is 5.75 Å². The Morgan fingerprint density at radius 3 is 2.64 bits per heavy atom. The first-order valence-corrected chi connectivity index (χ1v) is 12.2. The molecular formula is C26H31N3O3S. The van der Waals surface area contributed by atoms with E-state index in [1.54, 1.807) is 23.5 Å². The number of ether oxygens (including phenoxy) is 2. The zero-order valence-corrected chi connectivity index (χ0v) is 20.2. The monoisotopic (exact) mass is 465 g/mol. The molecule has 2 unspecified atom stereocenters. The molecule has 174 valence electrons. The number of benzene rings is 2. The van der Waals surface area contributed by atoms with Crippen molar-refractivity contribution in [1.82, 2.24) is 15.2 Å². The molecule has 1 saturated heterocycles. The molecule has 0 aliphatic carbocycles. The number of thiazole rings is 1. The van der Waals surface area contributed by atoms with Gasteiger partial charge in [-0.25, -0.2) is 4.98 Å². The molecule has 2 heterocycles. The van der Waals surface area contributed by atoms with Crippen molar-refractivity contribution in [3.63, 3.8) is 0 Å². The van der Waals surface area contributed by atoms with E-state index in [1.807, 2.05) is 30.5 Å². The highest BCUT2D eigenvalue weighted by Gasteiger charge is 2.22. The van der Waals surface area contributed by atoms with Crippen LogP contribution in [0, 0.1) is 6.92 Å². The van der Waals surface area contributed by atoms with Crippen LogP contribution >= 0.6 is 11.3 Å². The number of aromatic nitrogens is 1. The highest BCUT2D eigenvalue weighted by Crippen LogP contribution is 2.19. The van der Waals surface area contributed by atoms with E-state index in [0.29, 0.717) is 24.5 Å². The molecule has 1 aliphatic heterocycles. The van der Waals surface area contributed by atoms with E-state index < -0.39 is 0 Å². The molecule has 0 spiro atoms. The lowest BCUT2D eigenvalue weighted by molar-refractivity contribution is -0.0705. The van der Waals surface area contributed by atoms with Crippen LogP contribution < -0.4 is 10.1 Å². The lowest BCUT2D eigenvalue weighted by Crippen LogP contribution is -2.45. The third kappa shape index (κ3) is 6.63. The topological polar surface area (TPSA) is 63.7 Å². The van der Waals surface area contributed by atoms with Crippen molar-refractivity contribution in [2.75, 3.05) is 13.1 Å². The van der Waals surface area contributed by atoms with Gasteiger partial charge < -0.3 is 14.8 Å². The van der Waals surface area contributed by atoms with E-state index in [-0.39, 0.29) is 18.1 Å². The Morgan fingerprint density at radius 1 is 1.15 bits per heavy atom. The molecule has 2 aromatic carbocycles. The van der Waals surface area contributed by atoms with Gasteiger partial charge in [-0.2, -0.15) is 0 Å². The first-order chi connectivity index (χ1) is 16.0. The summed E-state index contributed by atoms with van der Waals surface area (Å²) in [6.45, 7) is 9.75. The van der Waals surface area contributed by atoms with E-state index >= 15 is 0 Å². The Morgan fingerprint density at radius 2 is 1.91 bits per heavy atom. The van der Waals surface area contributed by atoms with Crippen LogP contribution in [0.25, 0.3) is 0 Å². The second-order valence-corrected chi connectivity index (χ2v) is 9.64. The molecule has 1 fully saturated rings. The Labute approximate surface area is 199 Å². The van der Waals surface area contributed by atoms with Crippen molar-refractivity contribution in [2.45, 2.75) is 52.7 Å². The number of hydrogen-bond donors (Lipinski definition) is 1. The van der Waals surface area contributed by atoms with Crippen LogP contribution in [0.3, 0.4) is 0 Å². The van der Waals surface area contributed by atoms with Gasteiger partial charge in [-0.3, -0.25) is 9.69 Å². The summed E-state index contributed by atoms with van der Waals surface area (Å²) in [6, 6.07) is 15.6. The number of aryl methyl sites for hydroxylation is 1. The number of morpholine rings is 1. The first kappa shape index (κ1) is 23.4. The van der Waals surface area contributed by atoms with Crippen molar-refractivity contribution >= 4 is 17.2 Å². The summed E-state index contributed by atoms with van der Waals surface area (Å²) in [7, 11) is 0. The molecule has 1 aliphatic rings. The maximum Gasteiger partial charge on any atom is 0.251 e. The standard InChI is InChI=1S/C26H31N3O3S/c1-18-13-29(14-19(2)32-18)15-23-8-5-4-7-22(23)12-27-26(30)21-9-6-10-25(11-21)31-16-24-17-33-20(3)28-24/h4-11,17-19H,12-16H2,1-3H3,(H,27,30). The highest BCUT2D eigenvalue weighted by atomic mass is 32.1. The normalized spacial score (nSPS) is 18.8. The van der Waals surface area contributed by atoms with E-state index in [9.17, 15) is 4.79 Å². The smallest absolute Gasteiger partial charge is 0.251 e. The molecule has 1 aromatic heterocycles. The first-order valence-electron chi connectivity index (χ1n) is 11.3. The summed E-state index contributed by atoms with van der Waals surface area (Å²) in [5, 5.41) is 6.07. The number of hydrogen-bond acceptors (Lipinski definition) is 6. The highest BCUT2D eigenvalue weighted by molar-refractivity contribution is 7.09. The third-order valence-corrected chi connectivity index (χ3v) is 6.42. The van der Waals surface area contributed by atoms with Gasteiger partial charge in [0.1, 0.15) is 12.4 Å². The number of carbonyl (C=O) groups is 1. The Balaban J connectivity index is 1.35. The Bertz CT molecular complexity index is 1070. The molecule has 6 nitrogen and oxygen atoms in total. The average Bonchev–Trinajstić information content (AvgIpc) is 3.21. The maximum atomic E-state index is 12.8. The fourth-order valence-corrected chi connectivity index (χ4v) is 4.77. The summed E-state index contributed by atoms with van der Waals surface area (Å²) in [5.41, 5.74) is 3.84. The third-order valence-electron chi connectivity index (χ3n) is 5.60. The lowest BCUT2D eigenvalue weighted by Gasteiger charge is -2.35. The van der Waals surface area contributed by atoms with Crippen molar-refractivity contribution in [3.05, 3.63) is 81.3 Å². The SMILES string of the molecule is Cc1nc(COc2cccc(C(=O)NCc3ccccc3CN3CC(C)OC(C)C3)c2)cs1. The van der Waals surface area contributed by atoms with Gasteiger partial charge in [0.05, 0.1) is 22.9 Å². The zero-order valence-electron chi connectivity index (χ0n) is 19.4. The van der Waals surface area contributed by atoms with E-state index in [2.05, 4.69) is 47.2 Å². The zero-order chi connectivity index (χ0) is 23.2. The Kier molecular flexibility index (Phi) is 7.75.